The van der Waals surface area contributed by atoms with Crippen molar-refractivity contribution in [1.82, 2.24) is 0 Å². The van der Waals surface area contributed by atoms with E-state index in [0.29, 0.717) is 15.4 Å². The SMILES string of the molecule is Cc1cc(C)c2c(=O)c(/C=C(\C#N)S(=O)(=O)c3ccc(Br)cc3)coc2c1. The van der Waals surface area contributed by atoms with Gasteiger partial charge in [-0.25, -0.2) is 8.42 Å². The summed E-state index contributed by atoms with van der Waals surface area (Å²) in [6.07, 6.45) is 2.24. The fourth-order valence-electron chi connectivity index (χ4n) is 2.79. The van der Waals surface area contributed by atoms with Crippen LogP contribution in [0.5, 0.6) is 0 Å². The van der Waals surface area contributed by atoms with Crippen LogP contribution in [0.15, 0.2) is 66.1 Å². The minimum atomic E-state index is -4.05. The first-order valence-corrected chi connectivity index (χ1v) is 10.2. The minimum absolute atomic E-state index is 0.00619. The van der Waals surface area contributed by atoms with E-state index in [1.54, 1.807) is 31.2 Å². The molecule has 136 valence electrons. The van der Waals surface area contributed by atoms with E-state index in [4.69, 9.17) is 4.42 Å². The molecule has 1 aromatic heterocycles. The molecule has 0 radical (unpaired) electrons. The lowest BCUT2D eigenvalue weighted by Crippen LogP contribution is -2.09. The predicted octanol–water partition coefficient (Wildman–Crippen LogP) is 4.51. The monoisotopic (exact) mass is 443 g/mol. The van der Waals surface area contributed by atoms with E-state index in [-0.39, 0.29) is 15.9 Å². The van der Waals surface area contributed by atoms with Crippen LogP contribution in [0.3, 0.4) is 0 Å². The van der Waals surface area contributed by atoms with E-state index in [9.17, 15) is 18.5 Å². The Balaban J connectivity index is 2.20. The van der Waals surface area contributed by atoms with Crippen molar-refractivity contribution in [2.45, 2.75) is 18.7 Å². The molecule has 0 aliphatic carbocycles. The molecule has 0 aliphatic rings. The number of allylic oxidation sites excluding steroid dienone is 1. The van der Waals surface area contributed by atoms with Crippen LogP contribution in [0.4, 0.5) is 0 Å². The Morgan fingerprint density at radius 3 is 2.48 bits per heavy atom. The minimum Gasteiger partial charge on any atom is -0.463 e. The molecule has 0 bridgehead atoms. The Kier molecular flexibility index (Phi) is 5.05. The lowest BCUT2D eigenvalue weighted by Gasteiger charge is -2.05. The van der Waals surface area contributed by atoms with Gasteiger partial charge in [-0.1, -0.05) is 22.0 Å². The summed E-state index contributed by atoms with van der Waals surface area (Å²) in [6, 6.07) is 11.2. The van der Waals surface area contributed by atoms with Crippen molar-refractivity contribution in [1.29, 1.82) is 5.26 Å². The third-order valence-electron chi connectivity index (χ3n) is 4.06. The molecule has 0 fully saturated rings. The van der Waals surface area contributed by atoms with Crippen LogP contribution in [-0.2, 0) is 9.84 Å². The van der Waals surface area contributed by atoms with Crippen molar-refractivity contribution in [3.8, 4) is 6.07 Å². The zero-order valence-corrected chi connectivity index (χ0v) is 16.9. The molecule has 0 atom stereocenters. The molecule has 0 saturated heterocycles. The van der Waals surface area contributed by atoms with Crippen LogP contribution in [0.2, 0.25) is 0 Å². The molecule has 0 saturated carbocycles. The zero-order valence-electron chi connectivity index (χ0n) is 14.5. The molecular formula is C20H14BrNO4S. The molecule has 5 nitrogen and oxygen atoms in total. The topological polar surface area (TPSA) is 88.1 Å². The maximum Gasteiger partial charge on any atom is 0.216 e. The van der Waals surface area contributed by atoms with Gasteiger partial charge < -0.3 is 4.42 Å². The summed E-state index contributed by atoms with van der Waals surface area (Å²) < 4.78 is 31.7. The van der Waals surface area contributed by atoms with Crippen LogP contribution in [-0.4, -0.2) is 8.42 Å². The number of sulfone groups is 1. The summed E-state index contributed by atoms with van der Waals surface area (Å²) in [5.74, 6) is 0. The summed E-state index contributed by atoms with van der Waals surface area (Å²) in [7, 11) is -4.05. The fourth-order valence-corrected chi connectivity index (χ4v) is 4.20. The average molecular weight is 444 g/mol. The Bertz CT molecular complexity index is 1280. The van der Waals surface area contributed by atoms with Crippen molar-refractivity contribution in [3.05, 3.63) is 79.0 Å². The lowest BCUT2D eigenvalue weighted by atomic mass is 10.1. The third-order valence-corrected chi connectivity index (χ3v) is 6.27. The summed E-state index contributed by atoms with van der Waals surface area (Å²) in [5.41, 5.74) is 1.72. The number of nitriles is 1. The quantitative estimate of drug-likeness (QED) is 0.555. The first-order chi connectivity index (χ1) is 12.7. The van der Waals surface area contributed by atoms with E-state index < -0.39 is 14.7 Å². The van der Waals surface area contributed by atoms with Crippen molar-refractivity contribution in [2.75, 3.05) is 0 Å². The van der Waals surface area contributed by atoms with Crippen molar-refractivity contribution in [2.24, 2.45) is 0 Å². The van der Waals surface area contributed by atoms with Gasteiger partial charge in [-0.15, -0.1) is 0 Å². The number of hydrogen-bond donors (Lipinski definition) is 0. The highest BCUT2D eigenvalue weighted by Gasteiger charge is 2.22. The van der Waals surface area contributed by atoms with Crippen molar-refractivity contribution in [3.63, 3.8) is 0 Å². The van der Waals surface area contributed by atoms with Gasteiger partial charge in [0.25, 0.3) is 0 Å². The van der Waals surface area contributed by atoms with E-state index in [0.717, 1.165) is 17.2 Å². The van der Waals surface area contributed by atoms with Gasteiger partial charge in [-0.2, -0.15) is 5.26 Å². The van der Waals surface area contributed by atoms with Crippen molar-refractivity contribution < 1.29 is 12.8 Å². The number of nitrogens with zero attached hydrogens (tertiary/aromatic N) is 1. The largest absolute Gasteiger partial charge is 0.463 e. The van der Waals surface area contributed by atoms with Crippen LogP contribution >= 0.6 is 15.9 Å². The first kappa shape index (κ1) is 19.1. The number of rotatable bonds is 3. The smallest absolute Gasteiger partial charge is 0.216 e. The van der Waals surface area contributed by atoms with Gasteiger partial charge in [0, 0.05) is 4.47 Å². The van der Waals surface area contributed by atoms with Gasteiger partial charge >= 0.3 is 0 Å². The number of fused-ring (bicyclic) bond motifs is 1. The van der Waals surface area contributed by atoms with Crippen LogP contribution in [0.1, 0.15) is 16.7 Å². The molecule has 0 N–H and O–H groups in total. The molecule has 0 amide bonds. The predicted molar refractivity (Wildman–Crippen MR) is 107 cm³/mol. The molecule has 0 spiro atoms. The van der Waals surface area contributed by atoms with E-state index >= 15 is 0 Å². The Hall–Kier alpha value is -2.69. The fraction of sp³-hybridized carbons (Fsp3) is 0.100. The Morgan fingerprint density at radius 2 is 1.85 bits per heavy atom. The van der Waals surface area contributed by atoms with Crippen molar-refractivity contribution >= 4 is 42.8 Å². The third kappa shape index (κ3) is 3.59. The van der Waals surface area contributed by atoms with E-state index in [1.807, 2.05) is 13.0 Å². The lowest BCUT2D eigenvalue weighted by molar-refractivity contribution is 0.600. The van der Waals surface area contributed by atoms with E-state index in [2.05, 4.69) is 15.9 Å². The zero-order chi connectivity index (χ0) is 19.8. The number of hydrogen-bond acceptors (Lipinski definition) is 5. The molecule has 0 aliphatic heterocycles. The summed E-state index contributed by atoms with van der Waals surface area (Å²) in [5, 5.41) is 9.76. The van der Waals surface area contributed by atoms with E-state index in [1.165, 1.54) is 18.4 Å². The van der Waals surface area contributed by atoms with Gasteiger partial charge in [0.15, 0.2) is 5.43 Å². The summed E-state index contributed by atoms with van der Waals surface area (Å²) in [6.45, 7) is 3.67. The molecule has 3 aromatic rings. The maximum absolute atomic E-state index is 12.8. The second-order valence-corrected chi connectivity index (χ2v) is 8.89. The Morgan fingerprint density at radius 1 is 1.19 bits per heavy atom. The molecule has 7 heteroatoms. The number of halogens is 1. The second kappa shape index (κ2) is 7.14. The van der Waals surface area contributed by atoms with Gasteiger partial charge in [0.05, 0.1) is 15.8 Å². The molecule has 2 aromatic carbocycles. The van der Waals surface area contributed by atoms with Gasteiger partial charge in [0.1, 0.15) is 22.8 Å². The standard InChI is InChI=1S/C20H14BrNO4S/c1-12-7-13(2)19-18(8-12)26-11-14(20(19)23)9-17(10-22)27(24,25)16-5-3-15(21)4-6-16/h3-9,11H,1-2H3/b17-9+. The van der Waals surface area contributed by atoms with Crippen LogP contribution in [0, 0.1) is 25.2 Å². The average Bonchev–Trinajstić information content (AvgIpc) is 2.60. The van der Waals surface area contributed by atoms with Gasteiger partial charge in [-0.3, -0.25) is 4.79 Å². The molecule has 27 heavy (non-hydrogen) atoms. The molecular weight excluding hydrogens is 430 g/mol. The van der Waals surface area contributed by atoms with Gasteiger partial charge in [0.2, 0.25) is 9.84 Å². The highest BCUT2D eigenvalue weighted by atomic mass is 79.9. The second-order valence-electron chi connectivity index (χ2n) is 6.05. The summed E-state index contributed by atoms with van der Waals surface area (Å²) in [4.78, 5) is 12.2. The molecule has 0 unspecified atom stereocenters. The summed E-state index contributed by atoms with van der Waals surface area (Å²) >= 11 is 3.24. The van der Waals surface area contributed by atoms with Crippen LogP contribution < -0.4 is 5.43 Å². The molecule has 1 heterocycles. The maximum atomic E-state index is 12.8. The normalized spacial score (nSPS) is 12.1. The highest BCUT2D eigenvalue weighted by Crippen LogP contribution is 2.24. The first-order valence-electron chi connectivity index (χ1n) is 7.89. The highest BCUT2D eigenvalue weighted by molar-refractivity contribution is 9.10. The number of benzene rings is 2. The number of aryl methyl sites for hydroxylation is 2. The molecule has 3 rings (SSSR count). The Labute approximate surface area is 164 Å². The van der Waals surface area contributed by atoms with Gasteiger partial charge in [-0.05, 0) is 61.4 Å². The van der Waals surface area contributed by atoms with Crippen LogP contribution in [0.25, 0.3) is 17.0 Å².